The molecule has 0 aromatic rings. The molecule has 5 heteroatoms. The molecule has 2 aliphatic rings. The van der Waals surface area contributed by atoms with Crippen molar-refractivity contribution >= 4 is 6.09 Å². The SMILES string of the molecule is CC(C)(C)OC(=O)N1CCC2(CNCCCC2O)C1. The number of likely N-dealkylation sites (tertiary alicyclic amines) is 1. The first-order chi connectivity index (χ1) is 8.82. The highest BCUT2D eigenvalue weighted by atomic mass is 16.6. The summed E-state index contributed by atoms with van der Waals surface area (Å²) in [6, 6.07) is 0. The number of aliphatic hydroxyl groups is 1. The predicted octanol–water partition coefficient (Wildman–Crippen LogP) is 1.36. The quantitative estimate of drug-likeness (QED) is 0.697. The van der Waals surface area contributed by atoms with Gasteiger partial charge in [0, 0.05) is 25.0 Å². The molecular weight excluding hydrogens is 244 g/mol. The summed E-state index contributed by atoms with van der Waals surface area (Å²) >= 11 is 0. The highest BCUT2D eigenvalue weighted by Gasteiger charge is 2.46. The molecule has 2 unspecified atom stereocenters. The maximum absolute atomic E-state index is 12.1. The lowest BCUT2D eigenvalue weighted by atomic mass is 9.80. The van der Waals surface area contributed by atoms with Gasteiger partial charge in [0.05, 0.1) is 6.10 Å². The minimum Gasteiger partial charge on any atom is -0.444 e. The summed E-state index contributed by atoms with van der Waals surface area (Å²) in [6.45, 7) is 8.62. The van der Waals surface area contributed by atoms with Gasteiger partial charge in [-0.3, -0.25) is 0 Å². The third-order valence-electron chi connectivity index (χ3n) is 4.05. The van der Waals surface area contributed by atoms with Crippen LogP contribution in [0.4, 0.5) is 4.79 Å². The van der Waals surface area contributed by atoms with E-state index in [0.29, 0.717) is 13.1 Å². The van der Waals surface area contributed by atoms with E-state index in [1.54, 1.807) is 4.90 Å². The van der Waals surface area contributed by atoms with Crippen LogP contribution in [0.2, 0.25) is 0 Å². The van der Waals surface area contributed by atoms with Crippen LogP contribution in [0.25, 0.3) is 0 Å². The zero-order valence-electron chi connectivity index (χ0n) is 12.2. The van der Waals surface area contributed by atoms with E-state index in [1.807, 2.05) is 20.8 Å². The van der Waals surface area contributed by atoms with Gasteiger partial charge in [-0.15, -0.1) is 0 Å². The second kappa shape index (κ2) is 5.29. The summed E-state index contributed by atoms with van der Waals surface area (Å²) in [4.78, 5) is 13.8. The number of carbonyl (C=O) groups excluding carboxylic acids is 1. The Morgan fingerprint density at radius 1 is 1.47 bits per heavy atom. The van der Waals surface area contributed by atoms with Gasteiger partial charge in [0.2, 0.25) is 0 Å². The van der Waals surface area contributed by atoms with Crippen molar-refractivity contribution in [3.8, 4) is 0 Å². The number of amides is 1. The number of carbonyl (C=O) groups is 1. The second-order valence-electron chi connectivity index (χ2n) is 6.85. The molecule has 2 saturated heterocycles. The molecule has 2 atom stereocenters. The Morgan fingerprint density at radius 3 is 2.89 bits per heavy atom. The minimum atomic E-state index is -0.465. The fourth-order valence-electron chi connectivity index (χ4n) is 2.98. The van der Waals surface area contributed by atoms with Crippen molar-refractivity contribution in [2.75, 3.05) is 26.2 Å². The maximum Gasteiger partial charge on any atom is 0.410 e. The average molecular weight is 270 g/mol. The third-order valence-corrected chi connectivity index (χ3v) is 4.05. The van der Waals surface area contributed by atoms with Crippen molar-refractivity contribution in [1.29, 1.82) is 0 Å². The summed E-state index contributed by atoms with van der Waals surface area (Å²) in [5.41, 5.74) is -0.652. The normalized spacial score (nSPS) is 32.4. The van der Waals surface area contributed by atoms with Crippen LogP contribution in [0.15, 0.2) is 0 Å². The first-order valence-corrected chi connectivity index (χ1v) is 7.19. The number of aliphatic hydroxyl groups excluding tert-OH is 1. The lowest BCUT2D eigenvalue weighted by Gasteiger charge is -2.33. The van der Waals surface area contributed by atoms with Crippen molar-refractivity contribution in [2.45, 2.75) is 51.7 Å². The summed E-state index contributed by atoms with van der Waals surface area (Å²) in [7, 11) is 0. The molecule has 2 rings (SSSR count). The minimum absolute atomic E-state index is 0.187. The van der Waals surface area contributed by atoms with Gasteiger partial charge in [-0.25, -0.2) is 4.79 Å². The Balaban J connectivity index is 2.00. The molecule has 2 aliphatic heterocycles. The number of nitrogens with one attached hydrogen (secondary N) is 1. The van der Waals surface area contributed by atoms with Gasteiger partial charge in [0.15, 0.2) is 0 Å². The summed E-state index contributed by atoms with van der Waals surface area (Å²) < 4.78 is 5.41. The average Bonchev–Trinajstić information content (AvgIpc) is 2.63. The van der Waals surface area contributed by atoms with Crippen LogP contribution in [0.5, 0.6) is 0 Å². The van der Waals surface area contributed by atoms with E-state index < -0.39 is 5.60 Å². The molecule has 110 valence electrons. The molecule has 0 saturated carbocycles. The second-order valence-corrected chi connectivity index (χ2v) is 6.85. The zero-order valence-corrected chi connectivity index (χ0v) is 12.2. The third kappa shape index (κ3) is 3.39. The van der Waals surface area contributed by atoms with E-state index in [2.05, 4.69) is 5.32 Å². The standard InChI is InChI=1S/C14H26N2O3/c1-13(2,3)19-12(18)16-8-6-14(10-16)9-15-7-4-5-11(14)17/h11,15,17H,4-10H2,1-3H3. The van der Waals surface area contributed by atoms with Crippen molar-refractivity contribution in [1.82, 2.24) is 10.2 Å². The largest absolute Gasteiger partial charge is 0.444 e. The molecule has 0 aliphatic carbocycles. The Bertz CT molecular complexity index is 340. The van der Waals surface area contributed by atoms with Gasteiger partial charge in [0.1, 0.15) is 5.60 Å². The van der Waals surface area contributed by atoms with Crippen LogP contribution in [-0.4, -0.2) is 54.0 Å². The number of nitrogens with zero attached hydrogens (tertiary/aromatic N) is 1. The van der Waals surface area contributed by atoms with Crippen LogP contribution in [0.1, 0.15) is 40.0 Å². The van der Waals surface area contributed by atoms with Crippen LogP contribution in [0, 0.1) is 5.41 Å². The molecule has 2 N–H and O–H groups in total. The Labute approximate surface area is 115 Å². The molecule has 1 amide bonds. The monoisotopic (exact) mass is 270 g/mol. The van der Waals surface area contributed by atoms with Crippen LogP contribution >= 0.6 is 0 Å². The van der Waals surface area contributed by atoms with Crippen molar-refractivity contribution in [2.24, 2.45) is 5.41 Å². The molecular formula is C14H26N2O3. The molecule has 0 aromatic carbocycles. The van der Waals surface area contributed by atoms with Gasteiger partial charge >= 0.3 is 6.09 Å². The first-order valence-electron chi connectivity index (χ1n) is 7.19. The highest BCUT2D eigenvalue weighted by Crippen LogP contribution is 2.37. The van der Waals surface area contributed by atoms with Gasteiger partial charge in [-0.2, -0.15) is 0 Å². The smallest absolute Gasteiger partial charge is 0.410 e. The topological polar surface area (TPSA) is 61.8 Å². The summed E-state index contributed by atoms with van der Waals surface area (Å²) in [5, 5.41) is 13.7. The van der Waals surface area contributed by atoms with Crippen molar-refractivity contribution in [3.05, 3.63) is 0 Å². The first kappa shape index (κ1) is 14.6. The lowest BCUT2D eigenvalue weighted by molar-refractivity contribution is 0.0133. The molecule has 5 nitrogen and oxygen atoms in total. The zero-order chi connectivity index (χ0) is 14.1. The van der Waals surface area contributed by atoms with Crippen molar-refractivity contribution < 1.29 is 14.6 Å². The van der Waals surface area contributed by atoms with E-state index >= 15 is 0 Å². The van der Waals surface area contributed by atoms with Gasteiger partial charge in [-0.05, 0) is 46.6 Å². The maximum atomic E-state index is 12.1. The molecule has 1 spiro atoms. The number of hydrogen-bond donors (Lipinski definition) is 2. The number of hydrogen-bond acceptors (Lipinski definition) is 4. The fourth-order valence-corrected chi connectivity index (χ4v) is 2.98. The van der Waals surface area contributed by atoms with E-state index in [-0.39, 0.29) is 17.6 Å². The number of rotatable bonds is 0. The summed E-state index contributed by atoms with van der Waals surface area (Å²) in [5.74, 6) is 0. The number of ether oxygens (including phenoxy) is 1. The molecule has 2 heterocycles. The molecule has 0 bridgehead atoms. The lowest BCUT2D eigenvalue weighted by Crippen LogP contribution is -2.45. The Morgan fingerprint density at radius 2 is 2.21 bits per heavy atom. The van der Waals surface area contributed by atoms with Crippen LogP contribution < -0.4 is 5.32 Å². The highest BCUT2D eigenvalue weighted by molar-refractivity contribution is 5.68. The van der Waals surface area contributed by atoms with Crippen LogP contribution in [-0.2, 0) is 4.74 Å². The predicted molar refractivity (Wildman–Crippen MR) is 73.0 cm³/mol. The Hall–Kier alpha value is -0.810. The van der Waals surface area contributed by atoms with E-state index in [4.69, 9.17) is 4.74 Å². The summed E-state index contributed by atoms with van der Waals surface area (Å²) in [6.07, 6.45) is 2.07. The van der Waals surface area contributed by atoms with Crippen molar-refractivity contribution in [3.63, 3.8) is 0 Å². The van der Waals surface area contributed by atoms with Gasteiger partial charge in [0.25, 0.3) is 0 Å². The molecule has 2 fully saturated rings. The molecule has 0 aromatic heterocycles. The fraction of sp³-hybridized carbons (Fsp3) is 0.929. The van der Waals surface area contributed by atoms with E-state index in [9.17, 15) is 9.90 Å². The van der Waals surface area contributed by atoms with E-state index in [0.717, 1.165) is 32.4 Å². The molecule has 19 heavy (non-hydrogen) atoms. The van der Waals surface area contributed by atoms with E-state index in [1.165, 1.54) is 0 Å². The van der Waals surface area contributed by atoms with Gasteiger partial charge in [-0.1, -0.05) is 0 Å². The Kier molecular flexibility index (Phi) is 4.06. The van der Waals surface area contributed by atoms with Crippen LogP contribution in [0.3, 0.4) is 0 Å². The molecule has 0 radical (unpaired) electrons. The van der Waals surface area contributed by atoms with Gasteiger partial charge < -0.3 is 20.1 Å².